The lowest BCUT2D eigenvalue weighted by Crippen LogP contribution is -2.19. The van der Waals surface area contributed by atoms with E-state index in [9.17, 15) is 4.39 Å². The van der Waals surface area contributed by atoms with E-state index in [4.69, 9.17) is 0 Å². The molecule has 2 aromatic rings. The van der Waals surface area contributed by atoms with Crippen LogP contribution in [0.1, 0.15) is 29.9 Å². The molecule has 2 N–H and O–H groups in total. The Kier molecular flexibility index (Phi) is 3.49. The summed E-state index contributed by atoms with van der Waals surface area (Å²) in [6.45, 7) is 4.55. The third kappa shape index (κ3) is 2.88. The second-order valence-electron chi connectivity index (χ2n) is 4.04. The minimum atomic E-state index is -0.209. The van der Waals surface area contributed by atoms with Crippen molar-refractivity contribution in [1.29, 1.82) is 0 Å². The van der Waals surface area contributed by atoms with Crippen molar-refractivity contribution in [2.75, 3.05) is 0 Å². The molecule has 1 atom stereocenters. The van der Waals surface area contributed by atoms with Gasteiger partial charge in [0, 0.05) is 6.54 Å². The van der Waals surface area contributed by atoms with Crippen molar-refractivity contribution in [3.05, 3.63) is 47.3 Å². The molecule has 0 radical (unpaired) electrons. The second kappa shape index (κ2) is 5.05. The van der Waals surface area contributed by atoms with Gasteiger partial charge < -0.3 is 5.32 Å². The van der Waals surface area contributed by atoms with E-state index in [1.165, 1.54) is 12.4 Å². The number of aromatic amines is 1. The third-order valence-electron chi connectivity index (χ3n) is 2.75. The highest BCUT2D eigenvalue weighted by molar-refractivity contribution is 5.26. The van der Waals surface area contributed by atoms with Crippen LogP contribution in [-0.4, -0.2) is 15.2 Å². The molecule has 0 aliphatic heterocycles. The number of aromatic nitrogens is 3. The molecule has 1 unspecified atom stereocenters. The van der Waals surface area contributed by atoms with Crippen molar-refractivity contribution in [3.8, 4) is 0 Å². The average Bonchev–Trinajstić information content (AvgIpc) is 2.83. The molecule has 1 aromatic carbocycles. The van der Waals surface area contributed by atoms with E-state index in [0.29, 0.717) is 6.54 Å². The summed E-state index contributed by atoms with van der Waals surface area (Å²) < 4.78 is 13.1. The predicted octanol–water partition coefficient (Wildman–Crippen LogP) is 2.10. The molecule has 0 saturated carbocycles. The maximum Gasteiger partial charge on any atom is 0.141 e. The standard InChI is InChI=1S/C12H15FN4/c1-8-3-4-11(13)5-10(8)6-14-9(2)12-15-7-16-17-12/h3-5,7,9,14H,6H2,1-2H3,(H,15,16,17). The molecule has 0 aliphatic rings. The monoisotopic (exact) mass is 234 g/mol. The molecule has 0 amide bonds. The topological polar surface area (TPSA) is 53.6 Å². The molecule has 90 valence electrons. The Morgan fingerprint density at radius 3 is 3.00 bits per heavy atom. The zero-order valence-electron chi connectivity index (χ0n) is 9.87. The first-order chi connectivity index (χ1) is 8.16. The van der Waals surface area contributed by atoms with E-state index in [1.807, 2.05) is 13.8 Å². The number of H-pyrrole nitrogens is 1. The van der Waals surface area contributed by atoms with E-state index < -0.39 is 0 Å². The summed E-state index contributed by atoms with van der Waals surface area (Å²) in [5, 5.41) is 9.86. The number of benzene rings is 1. The Bertz CT molecular complexity index is 481. The van der Waals surface area contributed by atoms with Gasteiger partial charge in [-0.25, -0.2) is 9.37 Å². The first-order valence-electron chi connectivity index (χ1n) is 5.50. The SMILES string of the molecule is Cc1ccc(F)cc1CNC(C)c1ncn[nH]1. The molecule has 0 aliphatic carbocycles. The number of nitrogens with one attached hydrogen (secondary N) is 2. The minimum Gasteiger partial charge on any atom is -0.303 e. The largest absolute Gasteiger partial charge is 0.303 e. The summed E-state index contributed by atoms with van der Waals surface area (Å²) in [5.74, 6) is 0.568. The van der Waals surface area contributed by atoms with Crippen LogP contribution in [0, 0.1) is 12.7 Å². The van der Waals surface area contributed by atoms with Crippen molar-refractivity contribution in [1.82, 2.24) is 20.5 Å². The number of rotatable bonds is 4. The fraction of sp³-hybridized carbons (Fsp3) is 0.333. The van der Waals surface area contributed by atoms with Crippen LogP contribution in [0.5, 0.6) is 0 Å². The van der Waals surface area contributed by atoms with Crippen molar-refractivity contribution in [2.45, 2.75) is 26.4 Å². The zero-order valence-corrected chi connectivity index (χ0v) is 9.87. The molecular formula is C12H15FN4. The summed E-state index contributed by atoms with van der Waals surface area (Å²) >= 11 is 0. The summed E-state index contributed by atoms with van der Waals surface area (Å²) in [4.78, 5) is 4.07. The maximum absolute atomic E-state index is 13.1. The summed E-state index contributed by atoms with van der Waals surface area (Å²) in [5.41, 5.74) is 2.03. The van der Waals surface area contributed by atoms with E-state index in [1.54, 1.807) is 12.1 Å². The predicted molar refractivity (Wildman–Crippen MR) is 62.8 cm³/mol. The molecule has 2 rings (SSSR count). The van der Waals surface area contributed by atoms with E-state index in [0.717, 1.165) is 17.0 Å². The van der Waals surface area contributed by atoms with Gasteiger partial charge in [0.15, 0.2) is 0 Å². The van der Waals surface area contributed by atoms with Crippen LogP contribution in [0.2, 0.25) is 0 Å². The normalized spacial score (nSPS) is 12.6. The first-order valence-corrected chi connectivity index (χ1v) is 5.50. The Balaban J connectivity index is 2.00. The molecule has 17 heavy (non-hydrogen) atoms. The number of hydrogen-bond acceptors (Lipinski definition) is 3. The van der Waals surface area contributed by atoms with Gasteiger partial charge in [0.25, 0.3) is 0 Å². The lowest BCUT2D eigenvalue weighted by atomic mass is 10.1. The highest BCUT2D eigenvalue weighted by Gasteiger charge is 2.08. The van der Waals surface area contributed by atoms with Gasteiger partial charge in [0.1, 0.15) is 18.0 Å². The second-order valence-corrected chi connectivity index (χ2v) is 4.04. The molecular weight excluding hydrogens is 219 g/mol. The van der Waals surface area contributed by atoms with Crippen LogP contribution in [0.4, 0.5) is 4.39 Å². The highest BCUT2D eigenvalue weighted by atomic mass is 19.1. The lowest BCUT2D eigenvalue weighted by molar-refractivity contribution is 0.543. The fourth-order valence-electron chi connectivity index (χ4n) is 1.61. The zero-order chi connectivity index (χ0) is 12.3. The molecule has 5 heteroatoms. The van der Waals surface area contributed by atoms with Crippen LogP contribution < -0.4 is 5.32 Å². The molecule has 0 fully saturated rings. The van der Waals surface area contributed by atoms with Crippen molar-refractivity contribution in [3.63, 3.8) is 0 Å². The first kappa shape index (κ1) is 11.7. The molecule has 1 heterocycles. The van der Waals surface area contributed by atoms with Crippen LogP contribution in [0.3, 0.4) is 0 Å². The van der Waals surface area contributed by atoms with Gasteiger partial charge in [-0.3, -0.25) is 5.10 Å². The smallest absolute Gasteiger partial charge is 0.141 e. The molecule has 0 saturated heterocycles. The van der Waals surface area contributed by atoms with E-state index in [-0.39, 0.29) is 11.9 Å². The van der Waals surface area contributed by atoms with Gasteiger partial charge in [0.05, 0.1) is 6.04 Å². The Morgan fingerprint density at radius 1 is 1.47 bits per heavy atom. The minimum absolute atomic E-state index is 0.0557. The van der Waals surface area contributed by atoms with Crippen LogP contribution >= 0.6 is 0 Å². The van der Waals surface area contributed by atoms with Gasteiger partial charge in [-0.1, -0.05) is 6.07 Å². The van der Waals surface area contributed by atoms with Gasteiger partial charge in [-0.15, -0.1) is 0 Å². The molecule has 0 spiro atoms. The van der Waals surface area contributed by atoms with Gasteiger partial charge in [-0.05, 0) is 37.1 Å². The molecule has 1 aromatic heterocycles. The van der Waals surface area contributed by atoms with Crippen molar-refractivity contribution >= 4 is 0 Å². The Morgan fingerprint density at radius 2 is 2.29 bits per heavy atom. The molecule has 0 bridgehead atoms. The van der Waals surface area contributed by atoms with Crippen molar-refractivity contribution in [2.24, 2.45) is 0 Å². The Labute approximate surface area is 99.3 Å². The Hall–Kier alpha value is -1.75. The summed E-state index contributed by atoms with van der Waals surface area (Å²) in [6.07, 6.45) is 1.47. The van der Waals surface area contributed by atoms with Gasteiger partial charge in [0.2, 0.25) is 0 Å². The van der Waals surface area contributed by atoms with Crippen molar-refractivity contribution < 1.29 is 4.39 Å². The molecule has 4 nitrogen and oxygen atoms in total. The van der Waals surface area contributed by atoms with Gasteiger partial charge in [-0.2, -0.15) is 5.10 Å². The number of hydrogen-bond donors (Lipinski definition) is 2. The van der Waals surface area contributed by atoms with E-state index in [2.05, 4.69) is 20.5 Å². The maximum atomic E-state index is 13.1. The lowest BCUT2D eigenvalue weighted by Gasteiger charge is -2.12. The summed E-state index contributed by atoms with van der Waals surface area (Å²) in [7, 11) is 0. The van der Waals surface area contributed by atoms with Crippen LogP contribution in [0.15, 0.2) is 24.5 Å². The van der Waals surface area contributed by atoms with Crippen LogP contribution in [0.25, 0.3) is 0 Å². The fourth-order valence-corrected chi connectivity index (χ4v) is 1.61. The van der Waals surface area contributed by atoms with E-state index >= 15 is 0 Å². The average molecular weight is 234 g/mol. The third-order valence-corrected chi connectivity index (χ3v) is 2.75. The highest BCUT2D eigenvalue weighted by Crippen LogP contribution is 2.12. The quantitative estimate of drug-likeness (QED) is 0.851. The number of aryl methyl sites for hydroxylation is 1. The van der Waals surface area contributed by atoms with Gasteiger partial charge >= 0.3 is 0 Å². The number of halogens is 1. The van der Waals surface area contributed by atoms with Crippen LogP contribution in [-0.2, 0) is 6.54 Å². The summed E-state index contributed by atoms with van der Waals surface area (Å²) in [6, 6.07) is 4.86. The number of nitrogens with zero attached hydrogens (tertiary/aromatic N) is 2.